The molecule has 3 rings (SSSR count). The fourth-order valence-corrected chi connectivity index (χ4v) is 2.45. The van der Waals surface area contributed by atoms with Gasteiger partial charge in [0.2, 0.25) is 0 Å². The average molecular weight is 268 g/mol. The van der Waals surface area contributed by atoms with E-state index >= 15 is 0 Å². The third kappa shape index (κ3) is 2.72. The van der Waals surface area contributed by atoms with Gasteiger partial charge in [-0.25, -0.2) is 0 Å². The van der Waals surface area contributed by atoms with Gasteiger partial charge in [0.15, 0.2) is 0 Å². The Balaban J connectivity index is 1.98. The summed E-state index contributed by atoms with van der Waals surface area (Å²) in [6.07, 6.45) is 4.19. The van der Waals surface area contributed by atoms with E-state index in [1.807, 2.05) is 42.5 Å². The lowest BCUT2D eigenvalue weighted by atomic mass is 10.0. The van der Waals surface area contributed by atoms with Crippen LogP contribution in [0.2, 0.25) is 0 Å². The van der Waals surface area contributed by atoms with Crippen LogP contribution in [-0.4, -0.2) is 6.54 Å². The van der Waals surface area contributed by atoms with E-state index < -0.39 is 0 Å². The Hall–Kier alpha value is -1.99. The molecule has 0 atom stereocenters. The molecular weight excluding hydrogens is 254 g/mol. The maximum atomic E-state index is 6.28. The quantitative estimate of drug-likeness (QED) is 0.764. The first-order chi connectivity index (χ1) is 9.33. The first-order valence-corrected chi connectivity index (χ1v) is 6.66. The summed E-state index contributed by atoms with van der Waals surface area (Å²) in [7, 11) is 0. The summed E-state index contributed by atoms with van der Waals surface area (Å²) in [6, 6.07) is 20.6. The largest absolute Gasteiger partial charge is 0.342 e. The van der Waals surface area contributed by atoms with Gasteiger partial charge in [-0.3, -0.25) is 0 Å². The minimum absolute atomic E-state index is 0.724. The van der Waals surface area contributed by atoms with Crippen LogP contribution in [0.4, 0.5) is 5.69 Å². The third-order valence-electron chi connectivity index (χ3n) is 3.12. The zero-order valence-electron chi connectivity index (χ0n) is 10.5. The van der Waals surface area contributed by atoms with E-state index in [1.54, 1.807) is 0 Å². The summed E-state index contributed by atoms with van der Waals surface area (Å²) in [5.41, 5.74) is 3.48. The first kappa shape index (κ1) is 12.1. The predicted octanol–water partition coefficient (Wildman–Crippen LogP) is 4.67. The molecule has 2 aromatic carbocycles. The van der Waals surface area contributed by atoms with Crippen molar-refractivity contribution in [3.8, 4) is 0 Å². The van der Waals surface area contributed by atoms with Crippen LogP contribution in [0, 0.1) is 0 Å². The van der Waals surface area contributed by atoms with Crippen LogP contribution in [-0.2, 0) is 0 Å². The van der Waals surface area contributed by atoms with Crippen molar-refractivity contribution in [2.75, 3.05) is 11.4 Å². The molecule has 1 nitrogen and oxygen atoms in total. The SMILES string of the molecule is ClC1=CC(c2ccccc2)=CN(c2ccccc2)C1. The van der Waals surface area contributed by atoms with Gasteiger partial charge in [-0.1, -0.05) is 60.1 Å². The van der Waals surface area contributed by atoms with Gasteiger partial charge in [0.25, 0.3) is 0 Å². The topological polar surface area (TPSA) is 3.24 Å². The average Bonchev–Trinajstić information content (AvgIpc) is 2.48. The second kappa shape index (κ2) is 5.33. The van der Waals surface area contributed by atoms with Gasteiger partial charge in [-0.05, 0) is 29.3 Å². The van der Waals surface area contributed by atoms with Crippen molar-refractivity contribution in [1.82, 2.24) is 0 Å². The van der Waals surface area contributed by atoms with E-state index in [-0.39, 0.29) is 0 Å². The molecule has 0 unspecified atom stereocenters. The fourth-order valence-electron chi connectivity index (χ4n) is 2.20. The summed E-state index contributed by atoms with van der Waals surface area (Å²) in [4.78, 5) is 2.17. The minimum Gasteiger partial charge on any atom is -0.342 e. The van der Waals surface area contributed by atoms with Crippen LogP contribution in [0.3, 0.4) is 0 Å². The van der Waals surface area contributed by atoms with Crippen molar-refractivity contribution in [2.45, 2.75) is 0 Å². The molecule has 2 heteroatoms. The lowest BCUT2D eigenvalue weighted by molar-refractivity contribution is 1.06. The van der Waals surface area contributed by atoms with Crippen LogP contribution in [0.5, 0.6) is 0 Å². The summed E-state index contributed by atoms with van der Waals surface area (Å²) < 4.78 is 0. The van der Waals surface area contributed by atoms with Gasteiger partial charge >= 0.3 is 0 Å². The van der Waals surface area contributed by atoms with Crippen molar-refractivity contribution in [2.24, 2.45) is 0 Å². The van der Waals surface area contributed by atoms with Gasteiger partial charge in [0, 0.05) is 16.9 Å². The third-order valence-corrected chi connectivity index (χ3v) is 3.35. The molecule has 94 valence electrons. The van der Waals surface area contributed by atoms with Crippen LogP contribution in [0.25, 0.3) is 5.57 Å². The molecule has 0 N–H and O–H groups in total. The van der Waals surface area contributed by atoms with E-state index in [2.05, 4.69) is 35.4 Å². The van der Waals surface area contributed by atoms with Gasteiger partial charge in [0.05, 0.1) is 6.54 Å². The molecule has 0 bridgehead atoms. The van der Waals surface area contributed by atoms with E-state index in [9.17, 15) is 0 Å². The summed E-state index contributed by atoms with van der Waals surface area (Å²) in [5, 5.41) is 0.852. The molecule has 1 aliphatic heterocycles. The molecule has 0 spiro atoms. The highest BCUT2D eigenvalue weighted by molar-refractivity contribution is 6.31. The Morgan fingerprint density at radius 2 is 1.47 bits per heavy atom. The van der Waals surface area contributed by atoms with Gasteiger partial charge in [-0.2, -0.15) is 0 Å². The summed E-state index contributed by atoms with van der Waals surface area (Å²) >= 11 is 6.28. The monoisotopic (exact) mass is 267 g/mol. The van der Waals surface area contributed by atoms with Crippen molar-refractivity contribution in [3.05, 3.63) is 83.5 Å². The number of rotatable bonds is 2. The fraction of sp³-hybridized carbons (Fsp3) is 0.0588. The Morgan fingerprint density at radius 3 is 2.16 bits per heavy atom. The molecule has 2 aromatic rings. The van der Waals surface area contributed by atoms with Gasteiger partial charge in [-0.15, -0.1) is 0 Å². The normalized spacial score (nSPS) is 14.9. The summed E-state index contributed by atoms with van der Waals surface area (Å²) in [6.45, 7) is 0.724. The zero-order chi connectivity index (χ0) is 13.1. The molecule has 0 fully saturated rings. The predicted molar refractivity (Wildman–Crippen MR) is 82.1 cm³/mol. The minimum atomic E-state index is 0.724. The lowest BCUT2D eigenvalue weighted by Crippen LogP contribution is -2.21. The smallest absolute Gasteiger partial charge is 0.0583 e. The molecule has 19 heavy (non-hydrogen) atoms. The number of allylic oxidation sites excluding steroid dienone is 2. The molecule has 1 heterocycles. The first-order valence-electron chi connectivity index (χ1n) is 6.28. The molecule has 0 saturated carbocycles. The highest BCUT2D eigenvalue weighted by atomic mass is 35.5. The Labute approximate surface area is 118 Å². The molecule has 0 aliphatic carbocycles. The highest BCUT2D eigenvalue weighted by Gasteiger charge is 2.13. The number of hydrogen-bond donors (Lipinski definition) is 0. The number of para-hydroxylation sites is 1. The lowest BCUT2D eigenvalue weighted by Gasteiger charge is -2.25. The van der Waals surface area contributed by atoms with Gasteiger partial charge in [0.1, 0.15) is 0 Å². The van der Waals surface area contributed by atoms with Crippen molar-refractivity contribution in [3.63, 3.8) is 0 Å². The number of nitrogens with zero attached hydrogens (tertiary/aromatic N) is 1. The zero-order valence-corrected chi connectivity index (χ0v) is 11.2. The maximum absolute atomic E-state index is 6.28. The van der Waals surface area contributed by atoms with E-state index in [1.165, 1.54) is 5.56 Å². The van der Waals surface area contributed by atoms with Crippen LogP contribution >= 0.6 is 11.6 Å². The van der Waals surface area contributed by atoms with Crippen LogP contribution in [0.15, 0.2) is 78.0 Å². The van der Waals surface area contributed by atoms with Crippen molar-refractivity contribution >= 4 is 22.9 Å². The van der Waals surface area contributed by atoms with E-state index in [0.717, 1.165) is 22.8 Å². The van der Waals surface area contributed by atoms with Gasteiger partial charge < -0.3 is 4.90 Å². The highest BCUT2D eigenvalue weighted by Crippen LogP contribution is 2.28. The molecule has 1 aliphatic rings. The van der Waals surface area contributed by atoms with E-state index in [0.29, 0.717) is 0 Å². The van der Waals surface area contributed by atoms with Crippen molar-refractivity contribution < 1.29 is 0 Å². The Bertz CT molecular complexity index is 614. The molecular formula is C17H14ClN. The molecule has 0 radical (unpaired) electrons. The standard InChI is InChI=1S/C17H14ClN/c18-16-11-15(14-7-3-1-4-8-14)12-19(13-16)17-9-5-2-6-10-17/h1-12H,13H2. The number of anilines is 1. The summed E-state index contributed by atoms with van der Waals surface area (Å²) in [5.74, 6) is 0. The Kier molecular flexibility index (Phi) is 3.39. The number of hydrogen-bond acceptors (Lipinski definition) is 1. The van der Waals surface area contributed by atoms with Crippen molar-refractivity contribution in [1.29, 1.82) is 0 Å². The second-order valence-corrected chi connectivity index (χ2v) is 4.99. The number of halogens is 1. The molecule has 0 amide bonds. The Morgan fingerprint density at radius 1 is 0.842 bits per heavy atom. The van der Waals surface area contributed by atoms with E-state index in [4.69, 9.17) is 11.6 Å². The van der Waals surface area contributed by atoms with Crippen LogP contribution in [0.1, 0.15) is 5.56 Å². The number of benzene rings is 2. The van der Waals surface area contributed by atoms with Crippen LogP contribution < -0.4 is 4.90 Å². The second-order valence-electron chi connectivity index (χ2n) is 4.51. The molecule has 0 saturated heterocycles. The molecule has 0 aromatic heterocycles. The maximum Gasteiger partial charge on any atom is 0.0583 e.